The van der Waals surface area contributed by atoms with Gasteiger partial charge >= 0.3 is 5.97 Å². The number of hydrogen-bond acceptors (Lipinski definition) is 10. The lowest BCUT2D eigenvalue weighted by Gasteiger charge is -2.25. The lowest BCUT2D eigenvalue weighted by Crippen LogP contribution is -2.37. The molecule has 164 valence electrons. The van der Waals surface area contributed by atoms with E-state index in [9.17, 15) is 4.79 Å². The molecule has 0 bridgehead atoms. The van der Waals surface area contributed by atoms with Crippen LogP contribution in [0.4, 0.5) is 5.82 Å². The summed E-state index contributed by atoms with van der Waals surface area (Å²) in [4.78, 5) is 23.8. The van der Waals surface area contributed by atoms with Crippen LogP contribution in [-0.2, 0) is 23.7 Å². The molecule has 0 aliphatic carbocycles. The second kappa shape index (κ2) is 8.42. The van der Waals surface area contributed by atoms with Crippen LogP contribution >= 0.6 is 0 Å². The molecule has 4 heterocycles. The van der Waals surface area contributed by atoms with Gasteiger partial charge in [0.1, 0.15) is 30.2 Å². The Bertz CT molecular complexity index is 903. The fourth-order valence-corrected chi connectivity index (χ4v) is 3.97. The summed E-state index contributed by atoms with van der Waals surface area (Å²) in [5.41, 5.74) is 7.04. The summed E-state index contributed by atoms with van der Waals surface area (Å²) in [6, 6.07) is 0. The standard InChI is InChI=1S/C19H28N6O5/c1-19(2)29-14-11(8-21-7-5-4-6-12(26)27-3)28-18(15(14)30-19)25-10-24-13-16(20)22-9-23-17(13)25/h9-11,14-15,18,21H,4-8H2,1-3H3,(H2,20,22,23)/t11-,14-,15?,18-/m1/s1. The first-order valence-corrected chi connectivity index (χ1v) is 10.1. The predicted molar refractivity (Wildman–Crippen MR) is 106 cm³/mol. The summed E-state index contributed by atoms with van der Waals surface area (Å²) in [7, 11) is 1.40. The molecule has 2 saturated heterocycles. The van der Waals surface area contributed by atoms with Gasteiger partial charge in [-0.25, -0.2) is 15.0 Å². The van der Waals surface area contributed by atoms with E-state index in [0.717, 1.165) is 19.4 Å². The maximum absolute atomic E-state index is 11.2. The Morgan fingerprint density at radius 3 is 2.87 bits per heavy atom. The van der Waals surface area contributed by atoms with Gasteiger partial charge in [-0.15, -0.1) is 0 Å². The van der Waals surface area contributed by atoms with E-state index in [1.165, 1.54) is 13.4 Å². The Balaban J connectivity index is 1.42. The Labute approximate surface area is 174 Å². The number of nitrogens with zero attached hydrogens (tertiary/aromatic N) is 4. The molecule has 0 aromatic carbocycles. The van der Waals surface area contributed by atoms with Gasteiger partial charge in [0.25, 0.3) is 0 Å². The molecule has 2 aliphatic heterocycles. The number of ether oxygens (including phenoxy) is 4. The van der Waals surface area contributed by atoms with E-state index in [0.29, 0.717) is 29.9 Å². The SMILES string of the molecule is COC(=O)CCCCNC[C@H]1O[C@@H](n2cnc3c(N)ncnc32)C2OC(C)(C)O[C@@H]21. The number of esters is 1. The second-order valence-electron chi connectivity index (χ2n) is 7.95. The number of nitrogens with two attached hydrogens (primary N) is 1. The monoisotopic (exact) mass is 420 g/mol. The van der Waals surface area contributed by atoms with Crippen molar-refractivity contribution in [1.29, 1.82) is 0 Å². The van der Waals surface area contributed by atoms with Crippen LogP contribution in [0.3, 0.4) is 0 Å². The fourth-order valence-electron chi connectivity index (χ4n) is 3.97. The smallest absolute Gasteiger partial charge is 0.305 e. The van der Waals surface area contributed by atoms with E-state index in [-0.39, 0.29) is 24.3 Å². The topological polar surface area (TPSA) is 136 Å². The van der Waals surface area contributed by atoms with Crippen molar-refractivity contribution in [3.05, 3.63) is 12.7 Å². The number of aromatic nitrogens is 4. The molecule has 30 heavy (non-hydrogen) atoms. The lowest BCUT2D eigenvalue weighted by atomic mass is 10.1. The average molecular weight is 420 g/mol. The van der Waals surface area contributed by atoms with E-state index in [4.69, 9.17) is 19.9 Å². The average Bonchev–Trinajstić information content (AvgIpc) is 3.36. The Morgan fingerprint density at radius 1 is 1.27 bits per heavy atom. The molecule has 2 aliphatic rings. The molecule has 2 aromatic rings. The number of methoxy groups -OCH3 is 1. The van der Waals surface area contributed by atoms with Gasteiger partial charge in [0.05, 0.1) is 13.4 Å². The van der Waals surface area contributed by atoms with Crippen molar-refractivity contribution in [3.8, 4) is 0 Å². The molecule has 2 fully saturated rings. The highest BCUT2D eigenvalue weighted by Gasteiger charge is 2.55. The third-order valence-corrected chi connectivity index (χ3v) is 5.34. The van der Waals surface area contributed by atoms with Crippen LogP contribution < -0.4 is 11.1 Å². The third kappa shape index (κ3) is 4.10. The number of carbonyl (C=O) groups excluding carboxylic acids is 1. The number of nitrogen functional groups attached to an aromatic ring is 1. The molecule has 11 nitrogen and oxygen atoms in total. The summed E-state index contributed by atoms with van der Waals surface area (Å²) in [6.07, 6.45) is 3.93. The number of imidazole rings is 1. The van der Waals surface area contributed by atoms with Crippen LogP contribution in [0.2, 0.25) is 0 Å². The molecule has 4 atom stereocenters. The van der Waals surface area contributed by atoms with Gasteiger partial charge in [0, 0.05) is 13.0 Å². The van der Waals surface area contributed by atoms with Crippen molar-refractivity contribution in [3.63, 3.8) is 0 Å². The summed E-state index contributed by atoms with van der Waals surface area (Å²) in [5, 5.41) is 3.39. The summed E-state index contributed by atoms with van der Waals surface area (Å²) in [5.74, 6) is -0.571. The number of hydrogen-bond donors (Lipinski definition) is 2. The minimum absolute atomic E-state index is 0.185. The number of fused-ring (bicyclic) bond motifs is 2. The van der Waals surface area contributed by atoms with Gasteiger partial charge < -0.3 is 30.0 Å². The normalized spacial score (nSPS) is 27.4. The van der Waals surface area contributed by atoms with Crippen molar-refractivity contribution in [2.24, 2.45) is 0 Å². The lowest BCUT2D eigenvalue weighted by molar-refractivity contribution is -0.195. The maximum atomic E-state index is 11.2. The van der Waals surface area contributed by atoms with Crippen LogP contribution in [0.5, 0.6) is 0 Å². The van der Waals surface area contributed by atoms with Crippen molar-refractivity contribution >= 4 is 23.0 Å². The third-order valence-electron chi connectivity index (χ3n) is 5.34. The molecule has 2 aromatic heterocycles. The van der Waals surface area contributed by atoms with E-state index in [1.54, 1.807) is 6.33 Å². The highest BCUT2D eigenvalue weighted by Crippen LogP contribution is 2.43. The van der Waals surface area contributed by atoms with Gasteiger partial charge in [0.2, 0.25) is 0 Å². The Kier molecular flexibility index (Phi) is 5.87. The maximum Gasteiger partial charge on any atom is 0.305 e. The number of nitrogens with one attached hydrogen (secondary N) is 1. The van der Waals surface area contributed by atoms with Gasteiger partial charge in [-0.3, -0.25) is 9.36 Å². The molecule has 0 radical (unpaired) electrons. The van der Waals surface area contributed by atoms with Crippen LogP contribution in [0.1, 0.15) is 39.3 Å². The minimum Gasteiger partial charge on any atom is -0.469 e. The molecular formula is C19H28N6O5. The van der Waals surface area contributed by atoms with Crippen molar-refractivity contribution in [2.75, 3.05) is 25.9 Å². The summed E-state index contributed by atoms with van der Waals surface area (Å²) in [6.45, 7) is 5.15. The van der Waals surface area contributed by atoms with E-state index in [1.807, 2.05) is 18.4 Å². The number of rotatable bonds is 8. The highest BCUT2D eigenvalue weighted by molar-refractivity contribution is 5.81. The molecule has 0 spiro atoms. The van der Waals surface area contributed by atoms with E-state index in [2.05, 4.69) is 25.0 Å². The quantitative estimate of drug-likeness (QED) is 0.465. The van der Waals surface area contributed by atoms with Crippen LogP contribution in [0.15, 0.2) is 12.7 Å². The largest absolute Gasteiger partial charge is 0.469 e. The zero-order valence-corrected chi connectivity index (χ0v) is 17.4. The van der Waals surface area contributed by atoms with Gasteiger partial charge in [-0.1, -0.05) is 0 Å². The van der Waals surface area contributed by atoms with Gasteiger partial charge in [-0.05, 0) is 33.2 Å². The van der Waals surface area contributed by atoms with Crippen molar-refractivity contribution in [2.45, 2.75) is 63.4 Å². The molecular weight excluding hydrogens is 392 g/mol. The van der Waals surface area contributed by atoms with Crippen LogP contribution in [0, 0.1) is 0 Å². The molecule has 11 heteroatoms. The molecule has 0 amide bonds. The minimum atomic E-state index is -0.708. The van der Waals surface area contributed by atoms with Crippen molar-refractivity contribution < 1.29 is 23.7 Å². The second-order valence-corrected chi connectivity index (χ2v) is 7.95. The zero-order chi connectivity index (χ0) is 21.3. The number of carbonyl (C=O) groups is 1. The fraction of sp³-hybridized carbons (Fsp3) is 0.684. The first-order valence-electron chi connectivity index (χ1n) is 10.1. The molecule has 3 N–H and O–H groups in total. The number of anilines is 1. The Hall–Kier alpha value is -2.34. The molecule has 1 unspecified atom stereocenters. The first-order chi connectivity index (χ1) is 14.4. The molecule has 4 rings (SSSR count). The zero-order valence-electron chi connectivity index (χ0n) is 17.4. The first kappa shape index (κ1) is 20.9. The number of unbranched alkanes of at least 4 members (excludes halogenated alkanes) is 1. The van der Waals surface area contributed by atoms with E-state index < -0.39 is 12.0 Å². The van der Waals surface area contributed by atoms with Crippen LogP contribution in [-0.4, -0.2) is 69.8 Å². The van der Waals surface area contributed by atoms with E-state index >= 15 is 0 Å². The van der Waals surface area contributed by atoms with Gasteiger partial charge in [0.15, 0.2) is 23.5 Å². The highest BCUT2D eigenvalue weighted by atomic mass is 16.8. The van der Waals surface area contributed by atoms with Crippen molar-refractivity contribution in [1.82, 2.24) is 24.8 Å². The van der Waals surface area contributed by atoms with Gasteiger partial charge in [-0.2, -0.15) is 0 Å². The van der Waals surface area contributed by atoms with Crippen LogP contribution in [0.25, 0.3) is 11.2 Å². The summed E-state index contributed by atoms with van der Waals surface area (Å²) >= 11 is 0. The molecule has 0 saturated carbocycles. The predicted octanol–water partition coefficient (Wildman–Crippen LogP) is 0.759. The Morgan fingerprint density at radius 2 is 2.07 bits per heavy atom. The summed E-state index contributed by atoms with van der Waals surface area (Å²) < 4.78 is 25.1.